The van der Waals surface area contributed by atoms with Crippen LogP contribution < -0.4 is 5.32 Å². The fourth-order valence-electron chi connectivity index (χ4n) is 2.82. The molecule has 5 nitrogen and oxygen atoms in total. The van der Waals surface area contributed by atoms with E-state index >= 15 is 0 Å². The van der Waals surface area contributed by atoms with Gasteiger partial charge in [-0.25, -0.2) is 4.98 Å². The number of rotatable bonds is 5. The summed E-state index contributed by atoms with van der Waals surface area (Å²) in [5.74, 6) is -0.339. The number of hydrogen-bond acceptors (Lipinski definition) is 3. The molecule has 2 aromatic rings. The molecule has 0 bridgehead atoms. The lowest BCUT2D eigenvalue weighted by atomic mass is 10.1. The molecule has 0 radical (unpaired) electrons. The van der Waals surface area contributed by atoms with Crippen LogP contribution in [0.2, 0.25) is 0 Å². The van der Waals surface area contributed by atoms with E-state index in [1.165, 1.54) is 5.56 Å². The Labute approximate surface area is 141 Å². The monoisotopic (exact) mass is 323 g/mol. The summed E-state index contributed by atoms with van der Waals surface area (Å²) in [6.07, 6.45) is 2.83. The van der Waals surface area contributed by atoms with Gasteiger partial charge >= 0.3 is 0 Å². The van der Waals surface area contributed by atoms with Crippen molar-refractivity contribution in [3.8, 4) is 0 Å². The van der Waals surface area contributed by atoms with Crippen LogP contribution in [0, 0.1) is 0 Å². The maximum absolute atomic E-state index is 12.4. The molecular formula is C19H21N3O2. The van der Waals surface area contributed by atoms with Crippen LogP contribution >= 0.6 is 0 Å². The van der Waals surface area contributed by atoms with Crippen molar-refractivity contribution < 1.29 is 9.59 Å². The van der Waals surface area contributed by atoms with E-state index in [-0.39, 0.29) is 17.5 Å². The number of amides is 2. The van der Waals surface area contributed by atoms with Crippen molar-refractivity contribution in [2.75, 3.05) is 19.6 Å². The average molecular weight is 323 g/mol. The number of nitrogens with zero attached hydrogens (tertiary/aromatic N) is 2. The van der Waals surface area contributed by atoms with Gasteiger partial charge in [0.2, 0.25) is 0 Å². The first-order valence-corrected chi connectivity index (χ1v) is 8.32. The molecule has 0 unspecified atom stereocenters. The molecule has 124 valence electrons. The van der Waals surface area contributed by atoms with E-state index in [0.29, 0.717) is 12.2 Å². The molecular weight excluding hydrogens is 302 g/mol. The highest BCUT2D eigenvalue weighted by Gasteiger charge is 2.21. The lowest BCUT2D eigenvalue weighted by Gasteiger charge is -2.14. The third-order valence-corrected chi connectivity index (χ3v) is 4.14. The maximum atomic E-state index is 12.4. The molecule has 3 rings (SSSR count). The Balaban J connectivity index is 1.58. The van der Waals surface area contributed by atoms with Crippen molar-refractivity contribution in [3.63, 3.8) is 0 Å². The smallest absolute Gasteiger partial charge is 0.272 e. The Bertz CT molecular complexity index is 710. The summed E-state index contributed by atoms with van der Waals surface area (Å²) >= 11 is 0. The van der Waals surface area contributed by atoms with Crippen LogP contribution in [0.15, 0.2) is 48.5 Å². The van der Waals surface area contributed by atoms with Crippen molar-refractivity contribution in [2.45, 2.75) is 19.3 Å². The van der Waals surface area contributed by atoms with Crippen molar-refractivity contribution in [1.82, 2.24) is 15.2 Å². The number of hydrogen-bond donors (Lipinski definition) is 1. The molecule has 1 aliphatic rings. The summed E-state index contributed by atoms with van der Waals surface area (Å²) in [7, 11) is 0. The minimum absolute atomic E-state index is 0.0913. The van der Waals surface area contributed by atoms with Crippen molar-refractivity contribution in [1.29, 1.82) is 0 Å². The van der Waals surface area contributed by atoms with E-state index in [9.17, 15) is 9.59 Å². The quantitative estimate of drug-likeness (QED) is 0.918. The van der Waals surface area contributed by atoms with Gasteiger partial charge in [-0.05, 0) is 37.0 Å². The van der Waals surface area contributed by atoms with Crippen LogP contribution in [0.4, 0.5) is 0 Å². The Hall–Kier alpha value is -2.69. The molecule has 1 aromatic carbocycles. The summed E-state index contributed by atoms with van der Waals surface area (Å²) in [6.45, 7) is 2.08. The Morgan fingerprint density at radius 1 is 0.958 bits per heavy atom. The van der Waals surface area contributed by atoms with Crippen LogP contribution in [-0.2, 0) is 6.42 Å². The number of carbonyl (C=O) groups is 2. The van der Waals surface area contributed by atoms with E-state index in [0.717, 1.165) is 32.4 Å². The number of carbonyl (C=O) groups excluding carboxylic acids is 2. The zero-order valence-corrected chi connectivity index (χ0v) is 13.6. The number of nitrogens with one attached hydrogen (secondary N) is 1. The Kier molecular flexibility index (Phi) is 5.21. The van der Waals surface area contributed by atoms with Gasteiger partial charge in [0, 0.05) is 19.6 Å². The summed E-state index contributed by atoms with van der Waals surface area (Å²) in [4.78, 5) is 30.6. The minimum atomic E-state index is -0.248. The molecule has 0 atom stereocenters. The Morgan fingerprint density at radius 2 is 1.67 bits per heavy atom. The molecule has 1 N–H and O–H groups in total. The van der Waals surface area contributed by atoms with Gasteiger partial charge in [0.05, 0.1) is 0 Å². The van der Waals surface area contributed by atoms with Crippen LogP contribution in [0.25, 0.3) is 0 Å². The van der Waals surface area contributed by atoms with E-state index in [1.54, 1.807) is 23.1 Å². The fraction of sp³-hybridized carbons (Fsp3) is 0.316. The summed E-state index contributed by atoms with van der Waals surface area (Å²) in [6, 6.07) is 15.0. The molecule has 5 heteroatoms. The normalized spacial score (nSPS) is 13.8. The maximum Gasteiger partial charge on any atom is 0.272 e. The molecule has 0 spiro atoms. The van der Waals surface area contributed by atoms with Gasteiger partial charge in [0.1, 0.15) is 11.4 Å². The number of aromatic nitrogens is 1. The van der Waals surface area contributed by atoms with Gasteiger partial charge in [-0.2, -0.15) is 0 Å². The first-order valence-electron chi connectivity index (χ1n) is 8.32. The lowest BCUT2D eigenvalue weighted by molar-refractivity contribution is 0.0787. The number of likely N-dealkylation sites (tertiary alicyclic amines) is 1. The van der Waals surface area contributed by atoms with Crippen LogP contribution in [0.1, 0.15) is 39.4 Å². The topological polar surface area (TPSA) is 62.3 Å². The highest BCUT2D eigenvalue weighted by molar-refractivity contribution is 5.96. The van der Waals surface area contributed by atoms with Gasteiger partial charge < -0.3 is 10.2 Å². The van der Waals surface area contributed by atoms with Crippen molar-refractivity contribution >= 4 is 11.8 Å². The first-order chi connectivity index (χ1) is 11.7. The second-order valence-electron chi connectivity index (χ2n) is 5.90. The van der Waals surface area contributed by atoms with Crippen molar-refractivity contribution in [2.24, 2.45) is 0 Å². The van der Waals surface area contributed by atoms with Gasteiger partial charge in [-0.1, -0.05) is 36.4 Å². The molecule has 24 heavy (non-hydrogen) atoms. The lowest BCUT2D eigenvalue weighted by Crippen LogP contribution is -2.30. The molecule has 2 amide bonds. The van der Waals surface area contributed by atoms with Gasteiger partial charge in [-0.15, -0.1) is 0 Å². The Morgan fingerprint density at radius 3 is 2.42 bits per heavy atom. The van der Waals surface area contributed by atoms with Crippen LogP contribution in [-0.4, -0.2) is 41.3 Å². The van der Waals surface area contributed by atoms with Gasteiger partial charge in [-0.3, -0.25) is 9.59 Å². The molecule has 1 aromatic heterocycles. The highest BCUT2D eigenvalue weighted by atomic mass is 16.2. The SMILES string of the molecule is O=C(NCCc1ccccc1)c1cccc(C(=O)N2CCCC2)n1. The van der Waals surface area contributed by atoms with Gasteiger partial charge in [0.15, 0.2) is 0 Å². The van der Waals surface area contributed by atoms with E-state index in [2.05, 4.69) is 10.3 Å². The third-order valence-electron chi connectivity index (χ3n) is 4.14. The zero-order chi connectivity index (χ0) is 16.8. The van der Waals surface area contributed by atoms with Crippen LogP contribution in [0.5, 0.6) is 0 Å². The van der Waals surface area contributed by atoms with E-state index in [1.807, 2.05) is 30.3 Å². The van der Waals surface area contributed by atoms with Crippen molar-refractivity contribution in [3.05, 3.63) is 65.5 Å². The number of benzene rings is 1. The molecule has 0 saturated carbocycles. The predicted octanol–water partition coefficient (Wildman–Crippen LogP) is 2.29. The largest absolute Gasteiger partial charge is 0.350 e. The molecule has 1 aliphatic heterocycles. The molecule has 1 fully saturated rings. The summed E-state index contributed by atoms with van der Waals surface area (Å²) in [5, 5.41) is 2.86. The van der Waals surface area contributed by atoms with Gasteiger partial charge in [0.25, 0.3) is 11.8 Å². The molecule has 1 saturated heterocycles. The predicted molar refractivity (Wildman–Crippen MR) is 91.9 cm³/mol. The summed E-state index contributed by atoms with van der Waals surface area (Å²) < 4.78 is 0. The number of pyridine rings is 1. The standard InChI is InChI=1S/C19H21N3O2/c23-18(20-12-11-15-7-2-1-3-8-15)16-9-6-10-17(21-16)19(24)22-13-4-5-14-22/h1-3,6-10H,4-5,11-14H2,(H,20,23). The fourth-order valence-corrected chi connectivity index (χ4v) is 2.82. The summed E-state index contributed by atoms with van der Waals surface area (Å²) in [5.41, 5.74) is 1.80. The molecule has 0 aliphatic carbocycles. The second-order valence-corrected chi connectivity index (χ2v) is 5.90. The van der Waals surface area contributed by atoms with Crippen LogP contribution in [0.3, 0.4) is 0 Å². The zero-order valence-electron chi connectivity index (χ0n) is 13.6. The average Bonchev–Trinajstić information content (AvgIpc) is 3.16. The van der Waals surface area contributed by atoms with E-state index in [4.69, 9.17) is 0 Å². The second kappa shape index (κ2) is 7.73. The third kappa shape index (κ3) is 3.98. The van der Waals surface area contributed by atoms with E-state index < -0.39 is 0 Å². The molecule has 2 heterocycles. The highest BCUT2D eigenvalue weighted by Crippen LogP contribution is 2.12. The minimum Gasteiger partial charge on any atom is -0.350 e. The first kappa shape index (κ1) is 16.2.